The van der Waals surface area contributed by atoms with E-state index >= 15 is 0 Å². The molecule has 0 saturated heterocycles. The molecular formula is C10H11N3O. The molecule has 4 nitrogen and oxygen atoms in total. The summed E-state index contributed by atoms with van der Waals surface area (Å²) in [5, 5.41) is 0. The maximum Gasteiger partial charge on any atom is 0.145 e. The lowest BCUT2D eigenvalue weighted by atomic mass is 10.2. The molecule has 0 unspecified atom stereocenters. The number of ether oxygens (including phenoxy) is 1. The van der Waals surface area contributed by atoms with E-state index in [0.717, 1.165) is 11.4 Å². The van der Waals surface area contributed by atoms with Crippen LogP contribution in [0.4, 0.5) is 5.69 Å². The molecule has 72 valence electrons. The van der Waals surface area contributed by atoms with Crippen LogP contribution in [0.25, 0.3) is 5.69 Å². The van der Waals surface area contributed by atoms with Gasteiger partial charge in [-0.1, -0.05) is 6.07 Å². The van der Waals surface area contributed by atoms with Crippen LogP contribution in [0.5, 0.6) is 5.75 Å². The summed E-state index contributed by atoms with van der Waals surface area (Å²) in [5.74, 6) is 0.739. The van der Waals surface area contributed by atoms with Gasteiger partial charge in [0.15, 0.2) is 0 Å². The van der Waals surface area contributed by atoms with Gasteiger partial charge in [-0.25, -0.2) is 4.98 Å². The Labute approximate surface area is 81.9 Å². The van der Waals surface area contributed by atoms with Crippen molar-refractivity contribution in [3.8, 4) is 11.4 Å². The minimum absolute atomic E-state index is 0.669. The van der Waals surface area contributed by atoms with Crippen LogP contribution in [0.15, 0.2) is 36.9 Å². The van der Waals surface area contributed by atoms with Crippen molar-refractivity contribution in [3.63, 3.8) is 0 Å². The summed E-state index contributed by atoms with van der Waals surface area (Å²) >= 11 is 0. The van der Waals surface area contributed by atoms with Crippen LogP contribution in [-0.2, 0) is 0 Å². The second-order valence-corrected chi connectivity index (χ2v) is 2.87. The number of hydrogen-bond donors (Lipinski definition) is 1. The van der Waals surface area contributed by atoms with Gasteiger partial charge in [0.25, 0.3) is 0 Å². The van der Waals surface area contributed by atoms with Gasteiger partial charge in [0.2, 0.25) is 0 Å². The first-order valence-electron chi connectivity index (χ1n) is 4.23. The highest BCUT2D eigenvalue weighted by molar-refractivity contribution is 5.65. The molecule has 0 fully saturated rings. The summed E-state index contributed by atoms with van der Waals surface area (Å²) in [5.41, 5.74) is 7.35. The van der Waals surface area contributed by atoms with Crippen molar-refractivity contribution in [2.75, 3.05) is 12.8 Å². The van der Waals surface area contributed by atoms with Crippen molar-refractivity contribution < 1.29 is 4.74 Å². The molecule has 0 amide bonds. The Bertz CT molecular complexity index is 423. The number of aromatic nitrogens is 2. The SMILES string of the molecule is COc1cccc(N)c1-n1ccnc1. The van der Waals surface area contributed by atoms with Gasteiger partial charge < -0.3 is 15.0 Å². The lowest BCUT2D eigenvalue weighted by Gasteiger charge is -2.11. The predicted molar refractivity (Wildman–Crippen MR) is 54.5 cm³/mol. The number of imidazole rings is 1. The minimum Gasteiger partial charge on any atom is -0.494 e. The zero-order valence-electron chi connectivity index (χ0n) is 7.84. The van der Waals surface area contributed by atoms with E-state index in [9.17, 15) is 0 Å². The van der Waals surface area contributed by atoms with Gasteiger partial charge in [-0.05, 0) is 12.1 Å². The minimum atomic E-state index is 0.669. The van der Waals surface area contributed by atoms with Crippen molar-refractivity contribution in [1.29, 1.82) is 0 Å². The van der Waals surface area contributed by atoms with E-state index in [0.29, 0.717) is 5.69 Å². The quantitative estimate of drug-likeness (QED) is 0.728. The number of methoxy groups -OCH3 is 1. The fourth-order valence-corrected chi connectivity index (χ4v) is 1.37. The molecule has 4 heteroatoms. The van der Waals surface area contributed by atoms with Gasteiger partial charge in [0.1, 0.15) is 11.4 Å². The van der Waals surface area contributed by atoms with E-state index < -0.39 is 0 Å². The van der Waals surface area contributed by atoms with Crippen LogP contribution < -0.4 is 10.5 Å². The van der Waals surface area contributed by atoms with E-state index in [-0.39, 0.29) is 0 Å². The number of rotatable bonds is 2. The van der Waals surface area contributed by atoms with Crippen LogP contribution in [0.3, 0.4) is 0 Å². The summed E-state index contributed by atoms with van der Waals surface area (Å²) < 4.78 is 7.05. The second-order valence-electron chi connectivity index (χ2n) is 2.87. The molecule has 0 aliphatic carbocycles. The largest absolute Gasteiger partial charge is 0.494 e. The van der Waals surface area contributed by atoms with Crippen LogP contribution in [0, 0.1) is 0 Å². The molecule has 1 aromatic carbocycles. The Morgan fingerprint density at radius 1 is 1.43 bits per heavy atom. The monoisotopic (exact) mass is 189 g/mol. The van der Waals surface area contributed by atoms with E-state index in [2.05, 4.69) is 4.98 Å². The molecule has 2 aromatic rings. The Morgan fingerprint density at radius 3 is 2.93 bits per heavy atom. The fourth-order valence-electron chi connectivity index (χ4n) is 1.37. The third-order valence-corrected chi connectivity index (χ3v) is 2.01. The van der Waals surface area contributed by atoms with Gasteiger partial charge in [-0.15, -0.1) is 0 Å². The molecule has 0 atom stereocenters. The van der Waals surface area contributed by atoms with E-state index in [1.54, 1.807) is 19.6 Å². The molecule has 2 N–H and O–H groups in total. The molecule has 0 bridgehead atoms. The number of nitrogens with zero attached hydrogens (tertiary/aromatic N) is 2. The number of nitrogen functional groups attached to an aromatic ring is 1. The highest BCUT2D eigenvalue weighted by Gasteiger charge is 2.07. The summed E-state index contributed by atoms with van der Waals surface area (Å²) in [4.78, 5) is 3.97. The van der Waals surface area contributed by atoms with Crippen molar-refractivity contribution in [3.05, 3.63) is 36.9 Å². The first kappa shape index (κ1) is 8.62. The number of para-hydroxylation sites is 1. The van der Waals surface area contributed by atoms with Gasteiger partial charge in [-0.2, -0.15) is 0 Å². The standard InChI is InChI=1S/C10H11N3O/c1-14-9-4-2-3-8(11)10(9)13-6-5-12-7-13/h2-7H,11H2,1H3. The first-order chi connectivity index (χ1) is 6.83. The average Bonchev–Trinajstić information content (AvgIpc) is 2.70. The van der Waals surface area contributed by atoms with Crippen molar-refractivity contribution >= 4 is 5.69 Å². The van der Waals surface area contributed by atoms with E-state index in [4.69, 9.17) is 10.5 Å². The highest BCUT2D eigenvalue weighted by atomic mass is 16.5. The molecule has 0 aliphatic heterocycles. The molecule has 0 saturated carbocycles. The lowest BCUT2D eigenvalue weighted by Crippen LogP contribution is -2.00. The van der Waals surface area contributed by atoms with Crippen LogP contribution in [-0.4, -0.2) is 16.7 Å². The predicted octanol–water partition coefficient (Wildman–Crippen LogP) is 1.46. The second kappa shape index (κ2) is 3.41. The fraction of sp³-hybridized carbons (Fsp3) is 0.100. The van der Waals surface area contributed by atoms with Gasteiger partial charge in [-0.3, -0.25) is 0 Å². The van der Waals surface area contributed by atoms with Gasteiger partial charge in [0, 0.05) is 12.4 Å². The molecule has 0 radical (unpaired) electrons. The number of benzene rings is 1. The first-order valence-corrected chi connectivity index (χ1v) is 4.23. The molecule has 14 heavy (non-hydrogen) atoms. The molecular weight excluding hydrogens is 178 g/mol. The zero-order valence-corrected chi connectivity index (χ0v) is 7.84. The topological polar surface area (TPSA) is 53.1 Å². The lowest BCUT2D eigenvalue weighted by molar-refractivity contribution is 0.413. The normalized spacial score (nSPS) is 10.1. The van der Waals surface area contributed by atoms with Crippen LogP contribution in [0.2, 0.25) is 0 Å². The summed E-state index contributed by atoms with van der Waals surface area (Å²) in [6.07, 6.45) is 5.22. The third kappa shape index (κ3) is 1.31. The Balaban J connectivity index is 2.61. The maximum absolute atomic E-state index is 5.86. The third-order valence-electron chi connectivity index (χ3n) is 2.01. The number of anilines is 1. The number of nitrogens with two attached hydrogens (primary N) is 1. The Morgan fingerprint density at radius 2 is 2.29 bits per heavy atom. The molecule has 0 aliphatic rings. The summed E-state index contributed by atoms with van der Waals surface area (Å²) in [6, 6.07) is 5.55. The molecule has 0 spiro atoms. The highest BCUT2D eigenvalue weighted by Crippen LogP contribution is 2.27. The summed E-state index contributed by atoms with van der Waals surface area (Å²) in [7, 11) is 1.62. The number of hydrogen-bond acceptors (Lipinski definition) is 3. The van der Waals surface area contributed by atoms with E-state index in [1.807, 2.05) is 29.0 Å². The van der Waals surface area contributed by atoms with Crippen LogP contribution in [0.1, 0.15) is 0 Å². The van der Waals surface area contributed by atoms with Crippen molar-refractivity contribution in [2.24, 2.45) is 0 Å². The molecule has 1 aromatic heterocycles. The van der Waals surface area contributed by atoms with Crippen molar-refractivity contribution in [1.82, 2.24) is 9.55 Å². The Kier molecular flexibility index (Phi) is 2.10. The van der Waals surface area contributed by atoms with Crippen LogP contribution >= 0.6 is 0 Å². The zero-order chi connectivity index (χ0) is 9.97. The summed E-state index contributed by atoms with van der Waals surface area (Å²) in [6.45, 7) is 0. The smallest absolute Gasteiger partial charge is 0.145 e. The van der Waals surface area contributed by atoms with Gasteiger partial charge >= 0.3 is 0 Å². The molecule has 2 rings (SSSR count). The maximum atomic E-state index is 5.86. The van der Waals surface area contributed by atoms with Crippen molar-refractivity contribution in [2.45, 2.75) is 0 Å². The molecule has 1 heterocycles. The van der Waals surface area contributed by atoms with Gasteiger partial charge in [0.05, 0.1) is 19.1 Å². The average molecular weight is 189 g/mol. The Hall–Kier alpha value is -1.97. The van der Waals surface area contributed by atoms with E-state index in [1.165, 1.54) is 0 Å².